The third-order valence-electron chi connectivity index (χ3n) is 2.15. The van der Waals surface area contributed by atoms with Crippen molar-refractivity contribution in [3.05, 3.63) is 48.5 Å². The van der Waals surface area contributed by atoms with Crippen LogP contribution in [0.15, 0.2) is 48.5 Å². The second-order valence-corrected chi connectivity index (χ2v) is 3.24. The quantitative estimate of drug-likeness (QED) is 0.732. The molecule has 2 rings (SSSR count). The second-order valence-electron chi connectivity index (χ2n) is 3.24. The van der Waals surface area contributed by atoms with Crippen molar-refractivity contribution in [2.24, 2.45) is 0 Å². The minimum absolute atomic E-state index is 0. The molecule has 0 aliphatic rings. The van der Waals surface area contributed by atoms with Gasteiger partial charge in [0, 0.05) is 11.4 Å². The fraction of sp³-hybridized carbons (Fsp3) is 0. The van der Waals surface area contributed by atoms with Crippen LogP contribution in [0.5, 0.6) is 0 Å². The normalized spacial score (nSPS) is 8.75. The Hall–Kier alpha value is -2.10. The van der Waals surface area contributed by atoms with E-state index in [9.17, 15) is 0 Å². The van der Waals surface area contributed by atoms with Crippen molar-refractivity contribution >= 4 is 11.4 Å². The zero-order valence-corrected chi connectivity index (χ0v) is 8.59. The summed E-state index contributed by atoms with van der Waals surface area (Å²) >= 11 is 0. The summed E-state index contributed by atoms with van der Waals surface area (Å²) < 4.78 is 0. The first-order chi connectivity index (χ1) is 6.75. The lowest BCUT2D eigenvalue weighted by atomic mass is 10.1. The maximum atomic E-state index is 5.61. The number of halogens is 2. The van der Waals surface area contributed by atoms with Crippen LogP contribution in [0, 0.1) is 0 Å². The summed E-state index contributed by atoms with van der Waals surface area (Å²) in [7, 11) is 0. The highest BCUT2D eigenvalue weighted by molar-refractivity contribution is 5.67. The van der Waals surface area contributed by atoms with Crippen molar-refractivity contribution in [3.63, 3.8) is 0 Å². The van der Waals surface area contributed by atoms with Gasteiger partial charge in [0.25, 0.3) is 0 Å². The predicted octanol–water partition coefficient (Wildman–Crippen LogP) is 2.82. The van der Waals surface area contributed by atoms with Crippen molar-refractivity contribution in [1.82, 2.24) is 0 Å². The number of anilines is 2. The van der Waals surface area contributed by atoms with Gasteiger partial charge in [0.2, 0.25) is 0 Å². The molecule has 2 aromatic rings. The van der Waals surface area contributed by atoms with Crippen molar-refractivity contribution in [2.45, 2.75) is 0 Å². The van der Waals surface area contributed by atoms with Crippen LogP contribution in [0.3, 0.4) is 0 Å². The number of nitrogens with two attached hydrogens (primary N) is 2. The molecule has 0 bridgehead atoms. The molecule has 86 valence electrons. The number of benzene rings is 2. The van der Waals surface area contributed by atoms with Gasteiger partial charge in [0.1, 0.15) is 0 Å². The first kappa shape index (κ1) is 13.9. The third-order valence-corrected chi connectivity index (χ3v) is 2.15. The van der Waals surface area contributed by atoms with E-state index < -0.39 is 0 Å². The lowest BCUT2D eigenvalue weighted by Crippen LogP contribution is -1.85. The average molecular weight is 224 g/mol. The first-order valence-electron chi connectivity index (χ1n) is 4.47. The molecule has 16 heavy (non-hydrogen) atoms. The van der Waals surface area contributed by atoms with Gasteiger partial charge in [-0.25, -0.2) is 0 Å². The molecule has 0 aliphatic heterocycles. The van der Waals surface area contributed by atoms with Gasteiger partial charge in [0.15, 0.2) is 0 Å². The summed E-state index contributed by atoms with van der Waals surface area (Å²) in [4.78, 5) is 0. The molecule has 0 saturated carbocycles. The molecule has 2 nitrogen and oxygen atoms in total. The van der Waals surface area contributed by atoms with Gasteiger partial charge in [0.05, 0.1) is 0 Å². The lowest BCUT2D eigenvalue weighted by Gasteiger charge is -2.02. The molecule has 0 unspecified atom stereocenters. The van der Waals surface area contributed by atoms with E-state index in [1.807, 2.05) is 48.5 Å². The maximum Gasteiger partial charge on any atom is 0.0314 e. The second kappa shape index (κ2) is 5.70. The molecule has 0 aliphatic carbocycles. The van der Waals surface area contributed by atoms with E-state index >= 15 is 0 Å². The van der Waals surface area contributed by atoms with Gasteiger partial charge >= 0.3 is 0 Å². The Morgan fingerprint density at radius 2 is 0.750 bits per heavy atom. The van der Waals surface area contributed by atoms with Gasteiger partial charge in [-0.2, -0.15) is 0 Å². The van der Waals surface area contributed by atoms with Crippen LogP contribution in [0.2, 0.25) is 0 Å². The molecule has 0 radical (unpaired) electrons. The predicted molar refractivity (Wildman–Crippen MR) is 65.7 cm³/mol. The monoisotopic (exact) mass is 224 g/mol. The molecular formula is C12H14F2N2. The van der Waals surface area contributed by atoms with Crippen LogP contribution < -0.4 is 11.5 Å². The van der Waals surface area contributed by atoms with Gasteiger partial charge in [-0.3, -0.25) is 9.41 Å². The standard InChI is InChI=1S/C12H12N2.2FH/c13-11-5-1-9(2-6-11)10-3-7-12(14)8-4-10;;/h1-8H,13-14H2;2*1H. The molecule has 0 fully saturated rings. The molecule has 0 heterocycles. The van der Waals surface area contributed by atoms with E-state index in [0.29, 0.717) is 0 Å². The largest absolute Gasteiger partial charge is 0.399 e. The van der Waals surface area contributed by atoms with Crippen LogP contribution in [0.4, 0.5) is 20.8 Å². The average Bonchev–Trinajstić information content (AvgIpc) is 2.21. The zero-order chi connectivity index (χ0) is 9.97. The van der Waals surface area contributed by atoms with Crippen LogP contribution in [0.1, 0.15) is 0 Å². The van der Waals surface area contributed by atoms with Crippen molar-refractivity contribution in [1.29, 1.82) is 0 Å². The summed E-state index contributed by atoms with van der Waals surface area (Å²) in [6.07, 6.45) is 0. The molecule has 0 amide bonds. The van der Waals surface area contributed by atoms with Crippen molar-refractivity contribution in [2.75, 3.05) is 11.5 Å². The van der Waals surface area contributed by atoms with E-state index in [0.717, 1.165) is 22.5 Å². The topological polar surface area (TPSA) is 52.0 Å². The fourth-order valence-corrected chi connectivity index (χ4v) is 1.35. The Morgan fingerprint density at radius 1 is 0.500 bits per heavy atom. The smallest absolute Gasteiger partial charge is 0.0314 e. The summed E-state index contributed by atoms with van der Waals surface area (Å²) in [6, 6.07) is 15.6. The molecular weight excluding hydrogens is 210 g/mol. The van der Waals surface area contributed by atoms with E-state index in [1.165, 1.54) is 0 Å². The molecule has 4 N–H and O–H groups in total. The summed E-state index contributed by atoms with van der Waals surface area (Å²) in [6.45, 7) is 0. The van der Waals surface area contributed by atoms with E-state index in [4.69, 9.17) is 11.5 Å². The Morgan fingerprint density at radius 3 is 1.00 bits per heavy atom. The third kappa shape index (κ3) is 2.95. The molecule has 0 spiro atoms. The highest BCUT2D eigenvalue weighted by atomic mass is 19.0. The van der Waals surface area contributed by atoms with Gasteiger partial charge < -0.3 is 11.5 Å². The zero-order valence-electron chi connectivity index (χ0n) is 8.59. The Balaban J connectivity index is 0.00000112. The van der Waals surface area contributed by atoms with E-state index in [-0.39, 0.29) is 9.41 Å². The number of hydrogen-bond donors (Lipinski definition) is 2. The van der Waals surface area contributed by atoms with Crippen LogP contribution in [-0.4, -0.2) is 0 Å². The number of rotatable bonds is 1. The SMILES string of the molecule is F.F.Nc1ccc(-c2ccc(N)cc2)cc1. The molecule has 0 atom stereocenters. The van der Waals surface area contributed by atoms with Crippen LogP contribution >= 0.6 is 0 Å². The fourth-order valence-electron chi connectivity index (χ4n) is 1.35. The molecule has 4 heteroatoms. The summed E-state index contributed by atoms with van der Waals surface area (Å²) in [5.41, 5.74) is 15.1. The summed E-state index contributed by atoms with van der Waals surface area (Å²) in [5.74, 6) is 0. The van der Waals surface area contributed by atoms with Gasteiger partial charge in [-0.15, -0.1) is 0 Å². The van der Waals surface area contributed by atoms with E-state index in [2.05, 4.69) is 0 Å². The Labute approximate surface area is 92.6 Å². The van der Waals surface area contributed by atoms with Gasteiger partial charge in [-0.05, 0) is 35.4 Å². The minimum atomic E-state index is 0. The number of hydrogen-bond acceptors (Lipinski definition) is 2. The van der Waals surface area contributed by atoms with E-state index in [1.54, 1.807) is 0 Å². The Kier molecular flexibility index (Phi) is 4.95. The Bertz CT molecular complexity index is 380. The molecule has 0 saturated heterocycles. The number of nitrogen functional groups attached to an aromatic ring is 2. The molecule has 2 aromatic carbocycles. The minimum Gasteiger partial charge on any atom is -0.399 e. The highest BCUT2D eigenvalue weighted by Gasteiger charge is 1.95. The van der Waals surface area contributed by atoms with Crippen molar-refractivity contribution < 1.29 is 9.41 Å². The van der Waals surface area contributed by atoms with Crippen molar-refractivity contribution in [3.8, 4) is 11.1 Å². The highest BCUT2D eigenvalue weighted by Crippen LogP contribution is 2.21. The summed E-state index contributed by atoms with van der Waals surface area (Å²) in [5, 5.41) is 0. The lowest BCUT2D eigenvalue weighted by molar-refractivity contribution is 1.11. The maximum absolute atomic E-state index is 5.61. The first-order valence-corrected chi connectivity index (χ1v) is 4.47. The van der Waals surface area contributed by atoms with Gasteiger partial charge in [-0.1, -0.05) is 24.3 Å². The van der Waals surface area contributed by atoms with Crippen LogP contribution in [-0.2, 0) is 0 Å². The van der Waals surface area contributed by atoms with Crippen LogP contribution in [0.25, 0.3) is 11.1 Å². The molecule has 0 aromatic heterocycles.